The van der Waals surface area contributed by atoms with Crippen molar-refractivity contribution >= 4 is 16.7 Å². The van der Waals surface area contributed by atoms with Gasteiger partial charge in [-0.15, -0.1) is 0 Å². The van der Waals surface area contributed by atoms with Gasteiger partial charge in [0.15, 0.2) is 5.78 Å². The summed E-state index contributed by atoms with van der Waals surface area (Å²) in [5, 5.41) is 0.886. The number of aryl methyl sites for hydroxylation is 1. The fraction of sp³-hybridized carbons (Fsp3) is 0.273. The van der Waals surface area contributed by atoms with Crippen molar-refractivity contribution in [3.8, 4) is 5.88 Å². The number of nitrogens with zero attached hydrogens (tertiary/aromatic N) is 2. The van der Waals surface area contributed by atoms with Gasteiger partial charge < -0.3 is 9.30 Å². The van der Waals surface area contributed by atoms with Crippen molar-refractivity contribution in [1.29, 1.82) is 0 Å². The highest BCUT2D eigenvalue weighted by molar-refractivity contribution is 6.07. The lowest BCUT2D eigenvalue weighted by Crippen LogP contribution is -1.92. The van der Waals surface area contributed by atoms with Crippen molar-refractivity contribution < 1.29 is 9.53 Å². The van der Waals surface area contributed by atoms with Gasteiger partial charge in [-0.05, 0) is 13.0 Å². The Labute approximate surface area is 87.5 Å². The Kier molecular flexibility index (Phi) is 2.19. The van der Waals surface area contributed by atoms with E-state index in [9.17, 15) is 4.79 Å². The van der Waals surface area contributed by atoms with Gasteiger partial charge in [-0.2, -0.15) is 0 Å². The van der Waals surface area contributed by atoms with Crippen molar-refractivity contribution in [3.63, 3.8) is 0 Å². The number of carbonyl (C=O) groups is 1. The number of aromatic nitrogens is 2. The zero-order valence-corrected chi connectivity index (χ0v) is 8.94. The Morgan fingerprint density at radius 1 is 1.53 bits per heavy atom. The van der Waals surface area contributed by atoms with Gasteiger partial charge in [0.2, 0.25) is 5.88 Å². The first-order valence-corrected chi connectivity index (χ1v) is 4.64. The number of rotatable bonds is 2. The van der Waals surface area contributed by atoms with Gasteiger partial charge in [-0.3, -0.25) is 4.79 Å². The first kappa shape index (κ1) is 9.71. The fourth-order valence-corrected chi connectivity index (χ4v) is 1.75. The van der Waals surface area contributed by atoms with Crippen LogP contribution in [0.3, 0.4) is 0 Å². The van der Waals surface area contributed by atoms with E-state index in [1.54, 1.807) is 26.4 Å². The van der Waals surface area contributed by atoms with E-state index in [2.05, 4.69) is 4.98 Å². The lowest BCUT2D eigenvalue weighted by Gasteiger charge is -2.02. The second-order valence-electron chi connectivity index (χ2n) is 3.43. The smallest absolute Gasteiger partial charge is 0.238 e. The maximum absolute atomic E-state index is 11.4. The Morgan fingerprint density at radius 2 is 2.27 bits per heavy atom. The summed E-state index contributed by atoms with van der Waals surface area (Å²) < 4.78 is 7.02. The zero-order chi connectivity index (χ0) is 11.0. The van der Waals surface area contributed by atoms with E-state index in [0.29, 0.717) is 11.4 Å². The fourth-order valence-electron chi connectivity index (χ4n) is 1.75. The molecule has 0 fully saturated rings. The van der Waals surface area contributed by atoms with Gasteiger partial charge in [0.05, 0.1) is 7.11 Å². The quantitative estimate of drug-likeness (QED) is 0.700. The highest BCUT2D eigenvalue weighted by Crippen LogP contribution is 2.27. The van der Waals surface area contributed by atoms with Gasteiger partial charge in [0.25, 0.3) is 0 Å². The van der Waals surface area contributed by atoms with E-state index in [1.165, 1.54) is 0 Å². The molecule has 0 amide bonds. The lowest BCUT2D eigenvalue weighted by molar-refractivity contribution is 0.101. The minimum atomic E-state index is 0.0499. The van der Waals surface area contributed by atoms with Crippen molar-refractivity contribution in [2.45, 2.75) is 6.92 Å². The molecule has 4 nitrogen and oxygen atoms in total. The third-order valence-electron chi connectivity index (χ3n) is 2.43. The maximum atomic E-state index is 11.4. The Balaban J connectivity index is 2.85. The summed E-state index contributed by atoms with van der Waals surface area (Å²) in [6, 6.07) is 1.83. The molecule has 0 N–H and O–H groups in total. The highest BCUT2D eigenvalue weighted by Gasteiger charge is 2.13. The summed E-state index contributed by atoms with van der Waals surface area (Å²) >= 11 is 0. The summed E-state index contributed by atoms with van der Waals surface area (Å²) in [6.07, 6.45) is 3.45. The van der Waals surface area contributed by atoms with Crippen molar-refractivity contribution in [2.24, 2.45) is 7.05 Å². The molecule has 15 heavy (non-hydrogen) atoms. The van der Waals surface area contributed by atoms with E-state index >= 15 is 0 Å². The van der Waals surface area contributed by atoms with Gasteiger partial charge in [-0.25, -0.2) is 4.98 Å². The molecule has 2 rings (SSSR count). The van der Waals surface area contributed by atoms with Crippen LogP contribution in [0.5, 0.6) is 5.88 Å². The van der Waals surface area contributed by atoms with Crippen LogP contribution < -0.4 is 4.74 Å². The van der Waals surface area contributed by atoms with Gasteiger partial charge in [0, 0.05) is 30.4 Å². The second-order valence-corrected chi connectivity index (χ2v) is 3.43. The lowest BCUT2D eigenvalue weighted by atomic mass is 10.1. The van der Waals surface area contributed by atoms with Crippen LogP contribution in [0.1, 0.15) is 17.3 Å². The predicted octanol–water partition coefficient (Wildman–Crippen LogP) is 1.78. The first-order chi connectivity index (χ1) is 7.15. The molecular formula is C11H12N2O2. The molecule has 0 aliphatic heterocycles. The molecule has 0 spiro atoms. The minimum Gasteiger partial charge on any atom is -0.479 e. The molecule has 4 heteroatoms. The van der Waals surface area contributed by atoms with Gasteiger partial charge >= 0.3 is 0 Å². The van der Waals surface area contributed by atoms with Gasteiger partial charge in [0.1, 0.15) is 5.52 Å². The number of carbonyl (C=O) groups excluding carboxylic acids is 1. The molecule has 78 valence electrons. The number of pyridine rings is 1. The summed E-state index contributed by atoms with van der Waals surface area (Å²) in [4.78, 5) is 15.5. The zero-order valence-electron chi connectivity index (χ0n) is 8.94. The monoisotopic (exact) mass is 204 g/mol. The predicted molar refractivity (Wildman–Crippen MR) is 57.3 cm³/mol. The van der Waals surface area contributed by atoms with Crippen LogP contribution in [0.15, 0.2) is 18.5 Å². The van der Waals surface area contributed by atoms with Crippen LogP contribution in [-0.4, -0.2) is 22.4 Å². The molecule has 0 unspecified atom stereocenters. The van der Waals surface area contributed by atoms with Crippen LogP contribution in [-0.2, 0) is 7.05 Å². The minimum absolute atomic E-state index is 0.0499. The molecule has 2 aromatic rings. The van der Waals surface area contributed by atoms with E-state index in [-0.39, 0.29) is 5.78 Å². The van der Waals surface area contributed by atoms with Crippen LogP contribution in [0.2, 0.25) is 0 Å². The SMILES string of the molecule is COc1nccc2c(C(C)=O)cn(C)c12. The summed E-state index contributed by atoms with van der Waals surface area (Å²) in [5.41, 5.74) is 1.55. The number of ketones is 1. The molecule has 2 heterocycles. The molecule has 2 aromatic heterocycles. The Morgan fingerprint density at radius 3 is 2.87 bits per heavy atom. The van der Waals surface area contributed by atoms with Crippen molar-refractivity contribution in [2.75, 3.05) is 7.11 Å². The molecule has 0 aliphatic rings. The second kappa shape index (κ2) is 3.38. The number of fused-ring (bicyclic) bond motifs is 1. The number of ether oxygens (including phenoxy) is 1. The summed E-state index contributed by atoms with van der Waals surface area (Å²) in [5.74, 6) is 0.594. The normalized spacial score (nSPS) is 10.6. The van der Waals surface area contributed by atoms with Crippen LogP contribution in [0.4, 0.5) is 0 Å². The average Bonchev–Trinajstić information content (AvgIpc) is 2.56. The van der Waals surface area contributed by atoms with E-state index in [4.69, 9.17) is 4.74 Å². The molecule has 0 bridgehead atoms. The van der Waals surface area contributed by atoms with Crippen LogP contribution in [0.25, 0.3) is 10.9 Å². The van der Waals surface area contributed by atoms with Crippen molar-refractivity contribution in [3.05, 3.63) is 24.0 Å². The molecule has 0 aromatic carbocycles. The largest absolute Gasteiger partial charge is 0.479 e. The Hall–Kier alpha value is -1.84. The van der Waals surface area contributed by atoms with E-state index < -0.39 is 0 Å². The van der Waals surface area contributed by atoms with E-state index in [1.807, 2.05) is 17.7 Å². The topological polar surface area (TPSA) is 44.1 Å². The first-order valence-electron chi connectivity index (χ1n) is 4.64. The molecule has 0 radical (unpaired) electrons. The molecule has 0 saturated heterocycles. The van der Waals surface area contributed by atoms with E-state index in [0.717, 1.165) is 10.9 Å². The summed E-state index contributed by atoms with van der Waals surface area (Å²) in [7, 11) is 3.45. The number of hydrogen-bond donors (Lipinski definition) is 0. The standard InChI is InChI=1S/C11H12N2O2/c1-7(14)9-6-13(2)10-8(9)4-5-12-11(10)15-3/h4-6H,1-3H3. The molecule has 0 aliphatic carbocycles. The van der Waals surface area contributed by atoms with Crippen LogP contribution >= 0.6 is 0 Å². The number of hydrogen-bond acceptors (Lipinski definition) is 3. The van der Waals surface area contributed by atoms with Gasteiger partial charge in [-0.1, -0.05) is 0 Å². The third-order valence-corrected chi connectivity index (χ3v) is 2.43. The molecule has 0 saturated carbocycles. The number of methoxy groups -OCH3 is 1. The molecular weight excluding hydrogens is 192 g/mol. The van der Waals surface area contributed by atoms with Crippen molar-refractivity contribution in [1.82, 2.24) is 9.55 Å². The number of Topliss-reactive ketones (excluding diaryl/α,β-unsaturated/α-hetero) is 1. The summed E-state index contributed by atoms with van der Waals surface area (Å²) in [6.45, 7) is 1.56. The van der Waals surface area contributed by atoms with Crippen LogP contribution in [0, 0.1) is 0 Å². The molecule has 0 atom stereocenters. The Bertz CT molecular complexity index is 529. The average molecular weight is 204 g/mol. The third kappa shape index (κ3) is 1.38. The maximum Gasteiger partial charge on any atom is 0.238 e. The highest BCUT2D eigenvalue weighted by atomic mass is 16.5.